The molecule has 0 spiro atoms. The standard InChI is InChI=1S/C18H16Cl2N2O3/c19-13-3-1-12(15(20)8-13)9-21-18(24)10-25-14-4-5-16-11(7-14)2-6-17(23)22-16/h1,3-5,7-8H,2,6,9-10H2,(H,21,24)(H,22,23). The van der Waals surface area contributed by atoms with Crippen LogP contribution in [0.25, 0.3) is 0 Å². The zero-order valence-electron chi connectivity index (χ0n) is 13.3. The summed E-state index contributed by atoms with van der Waals surface area (Å²) in [6, 6.07) is 10.5. The van der Waals surface area contributed by atoms with Gasteiger partial charge in [0.05, 0.1) is 0 Å². The van der Waals surface area contributed by atoms with Crippen LogP contribution in [0.1, 0.15) is 17.5 Å². The second-order valence-corrected chi connectivity index (χ2v) is 6.51. The van der Waals surface area contributed by atoms with Crippen LogP contribution in [0.4, 0.5) is 5.69 Å². The Morgan fingerprint density at radius 2 is 2.00 bits per heavy atom. The van der Waals surface area contributed by atoms with E-state index in [-0.39, 0.29) is 18.4 Å². The smallest absolute Gasteiger partial charge is 0.258 e. The largest absolute Gasteiger partial charge is 0.484 e. The molecule has 1 aliphatic rings. The molecule has 2 aromatic rings. The van der Waals surface area contributed by atoms with Gasteiger partial charge in [-0.2, -0.15) is 0 Å². The molecule has 0 saturated heterocycles. The molecule has 0 saturated carbocycles. The number of aryl methyl sites for hydroxylation is 1. The number of carbonyl (C=O) groups is 2. The van der Waals surface area contributed by atoms with Crippen LogP contribution >= 0.6 is 23.2 Å². The van der Waals surface area contributed by atoms with Crippen LogP contribution in [0.5, 0.6) is 5.75 Å². The number of amides is 2. The molecule has 5 nitrogen and oxygen atoms in total. The van der Waals surface area contributed by atoms with Crippen LogP contribution in [0.3, 0.4) is 0 Å². The van der Waals surface area contributed by atoms with Crippen LogP contribution in [-0.4, -0.2) is 18.4 Å². The van der Waals surface area contributed by atoms with Crippen molar-refractivity contribution in [2.75, 3.05) is 11.9 Å². The van der Waals surface area contributed by atoms with Crippen molar-refractivity contribution in [3.63, 3.8) is 0 Å². The van der Waals surface area contributed by atoms with E-state index >= 15 is 0 Å². The molecule has 130 valence electrons. The van der Waals surface area contributed by atoms with Gasteiger partial charge in [-0.15, -0.1) is 0 Å². The van der Waals surface area contributed by atoms with Crippen LogP contribution in [0, 0.1) is 0 Å². The molecule has 3 rings (SSSR count). The zero-order chi connectivity index (χ0) is 17.8. The molecule has 0 fully saturated rings. The van der Waals surface area contributed by atoms with Crippen molar-refractivity contribution in [1.29, 1.82) is 0 Å². The van der Waals surface area contributed by atoms with Gasteiger partial charge in [-0.05, 0) is 47.9 Å². The van der Waals surface area contributed by atoms with Crippen molar-refractivity contribution in [1.82, 2.24) is 5.32 Å². The molecule has 1 heterocycles. The number of ether oxygens (including phenoxy) is 1. The third kappa shape index (κ3) is 4.65. The third-order valence-corrected chi connectivity index (χ3v) is 4.42. The number of carbonyl (C=O) groups excluding carboxylic acids is 2. The monoisotopic (exact) mass is 378 g/mol. The van der Waals surface area contributed by atoms with E-state index in [0.717, 1.165) is 16.8 Å². The Bertz CT molecular complexity index is 824. The molecule has 25 heavy (non-hydrogen) atoms. The summed E-state index contributed by atoms with van der Waals surface area (Å²) in [5.74, 6) is 0.355. The second kappa shape index (κ2) is 7.76. The summed E-state index contributed by atoms with van der Waals surface area (Å²) in [6.07, 6.45) is 1.12. The van der Waals surface area contributed by atoms with Crippen molar-refractivity contribution in [3.05, 3.63) is 57.6 Å². The number of hydrogen-bond donors (Lipinski definition) is 2. The molecule has 0 aliphatic carbocycles. The lowest BCUT2D eigenvalue weighted by atomic mass is 10.0. The van der Waals surface area contributed by atoms with Gasteiger partial charge in [-0.1, -0.05) is 29.3 Å². The second-order valence-electron chi connectivity index (χ2n) is 5.67. The highest BCUT2D eigenvalue weighted by Gasteiger charge is 2.15. The summed E-state index contributed by atoms with van der Waals surface area (Å²) in [4.78, 5) is 23.3. The molecular weight excluding hydrogens is 363 g/mol. The first kappa shape index (κ1) is 17.6. The minimum Gasteiger partial charge on any atom is -0.484 e. The number of hydrogen-bond acceptors (Lipinski definition) is 3. The Morgan fingerprint density at radius 1 is 1.16 bits per heavy atom. The number of benzene rings is 2. The van der Waals surface area contributed by atoms with Gasteiger partial charge in [0, 0.05) is 28.7 Å². The first-order valence-electron chi connectivity index (χ1n) is 7.77. The van der Waals surface area contributed by atoms with Crippen LogP contribution in [0.2, 0.25) is 10.0 Å². The van der Waals surface area contributed by atoms with Gasteiger partial charge in [0.25, 0.3) is 5.91 Å². The lowest BCUT2D eigenvalue weighted by Crippen LogP contribution is -2.28. The van der Waals surface area contributed by atoms with Gasteiger partial charge in [0.2, 0.25) is 5.91 Å². The third-order valence-electron chi connectivity index (χ3n) is 3.83. The minimum atomic E-state index is -0.253. The fraction of sp³-hybridized carbons (Fsp3) is 0.222. The van der Waals surface area contributed by atoms with E-state index in [1.54, 1.807) is 30.3 Å². The topological polar surface area (TPSA) is 67.4 Å². The van der Waals surface area contributed by atoms with E-state index in [9.17, 15) is 9.59 Å². The maximum Gasteiger partial charge on any atom is 0.258 e. The Morgan fingerprint density at radius 3 is 2.80 bits per heavy atom. The van der Waals surface area contributed by atoms with E-state index in [4.69, 9.17) is 27.9 Å². The summed E-state index contributed by atoms with van der Waals surface area (Å²) in [5.41, 5.74) is 2.58. The minimum absolute atomic E-state index is 0.0152. The quantitative estimate of drug-likeness (QED) is 0.835. The molecule has 0 radical (unpaired) electrons. The molecule has 1 aliphatic heterocycles. The number of anilines is 1. The van der Waals surface area contributed by atoms with E-state index in [0.29, 0.717) is 35.2 Å². The SMILES string of the molecule is O=C(COc1ccc2c(c1)CCC(=O)N2)NCc1ccc(Cl)cc1Cl. The molecule has 7 heteroatoms. The molecule has 0 unspecified atom stereocenters. The molecule has 0 bridgehead atoms. The van der Waals surface area contributed by atoms with Crippen LogP contribution in [0.15, 0.2) is 36.4 Å². The summed E-state index contributed by atoms with van der Waals surface area (Å²) < 4.78 is 5.52. The number of halogens is 2. The van der Waals surface area contributed by atoms with Crippen molar-refractivity contribution in [2.24, 2.45) is 0 Å². The van der Waals surface area contributed by atoms with Crippen molar-refractivity contribution in [2.45, 2.75) is 19.4 Å². The highest BCUT2D eigenvalue weighted by Crippen LogP contribution is 2.26. The molecule has 0 aromatic heterocycles. The van der Waals surface area contributed by atoms with Crippen LogP contribution in [-0.2, 0) is 22.6 Å². The Balaban J connectivity index is 1.51. The normalized spacial score (nSPS) is 13.0. The number of nitrogens with one attached hydrogen (secondary N) is 2. The van der Waals surface area contributed by atoms with Gasteiger partial charge in [0.1, 0.15) is 5.75 Å². The maximum atomic E-state index is 11.9. The van der Waals surface area contributed by atoms with Gasteiger partial charge >= 0.3 is 0 Å². The predicted molar refractivity (Wildman–Crippen MR) is 97.2 cm³/mol. The lowest BCUT2D eigenvalue weighted by molar-refractivity contribution is -0.123. The lowest BCUT2D eigenvalue weighted by Gasteiger charge is -2.17. The van der Waals surface area contributed by atoms with Gasteiger partial charge < -0.3 is 15.4 Å². The van der Waals surface area contributed by atoms with Crippen molar-refractivity contribution in [3.8, 4) is 5.75 Å². The van der Waals surface area contributed by atoms with Gasteiger partial charge in [0.15, 0.2) is 6.61 Å². The van der Waals surface area contributed by atoms with Gasteiger partial charge in [-0.3, -0.25) is 9.59 Å². The number of fused-ring (bicyclic) bond motifs is 1. The fourth-order valence-electron chi connectivity index (χ4n) is 2.51. The van der Waals surface area contributed by atoms with Crippen molar-refractivity contribution < 1.29 is 14.3 Å². The van der Waals surface area contributed by atoms with E-state index in [1.165, 1.54) is 0 Å². The Labute approximate surface area is 155 Å². The maximum absolute atomic E-state index is 11.9. The number of rotatable bonds is 5. The van der Waals surface area contributed by atoms with Crippen molar-refractivity contribution >= 4 is 40.7 Å². The Hall–Kier alpha value is -2.24. The Kier molecular flexibility index (Phi) is 5.46. The van der Waals surface area contributed by atoms with Gasteiger partial charge in [-0.25, -0.2) is 0 Å². The summed E-state index contributed by atoms with van der Waals surface area (Å²) in [5, 5.41) is 6.61. The average Bonchev–Trinajstić information content (AvgIpc) is 2.59. The molecule has 2 aromatic carbocycles. The zero-order valence-corrected chi connectivity index (χ0v) is 14.8. The summed E-state index contributed by atoms with van der Waals surface area (Å²) in [6.45, 7) is 0.199. The van der Waals surface area contributed by atoms with E-state index in [2.05, 4.69) is 10.6 Å². The first-order valence-corrected chi connectivity index (χ1v) is 8.53. The molecule has 2 amide bonds. The first-order chi connectivity index (χ1) is 12.0. The fourth-order valence-corrected chi connectivity index (χ4v) is 2.98. The molecular formula is C18H16Cl2N2O3. The predicted octanol–water partition coefficient (Wildman–Crippen LogP) is 3.57. The highest BCUT2D eigenvalue weighted by molar-refractivity contribution is 6.35. The molecule has 0 atom stereocenters. The summed E-state index contributed by atoms with van der Waals surface area (Å²) >= 11 is 11.9. The van der Waals surface area contributed by atoms with E-state index in [1.807, 2.05) is 6.07 Å². The van der Waals surface area contributed by atoms with E-state index < -0.39 is 0 Å². The summed E-state index contributed by atoms with van der Waals surface area (Å²) in [7, 11) is 0. The van der Waals surface area contributed by atoms with Crippen LogP contribution < -0.4 is 15.4 Å². The highest BCUT2D eigenvalue weighted by atomic mass is 35.5. The molecule has 2 N–H and O–H groups in total. The average molecular weight is 379 g/mol.